The number of nitrogens with one attached hydrogen (secondary N) is 2. The monoisotopic (exact) mass is 242 g/mol. The Morgan fingerprint density at radius 1 is 1.38 bits per heavy atom. The summed E-state index contributed by atoms with van der Waals surface area (Å²) in [6.45, 7) is 1.75. The fraction of sp³-hybridized carbons (Fsp3) is 0.400. The summed E-state index contributed by atoms with van der Waals surface area (Å²) in [4.78, 5) is 0. The van der Waals surface area contributed by atoms with Crippen LogP contribution >= 0.6 is 0 Å². The molecule has 1 aliphatic carbocycles. The second kappa shape index (κ2) is 3.95. The summed E-state index contributed by atoms with van der Waals surface area (Å²) in [5.74, 6) is 0.0756. The lowest BCUT2D eigenvalue weighted by molar-refractivity contribution is 0.471. The Bertz CT molecular complexity index is 495. The Morgan fingerprint density at radius 3 is 2.62 bits per heavy atom. The van der Waals surface area contributed by atoms with Crippen LogP contribution in [0.4, 0.5) is 5.69 Å². The van der Waals surface area contributed by atoms with Gasteiger partial charge in [0, 0.05) is 12.1 Å². The average Bonchev–Trinajstić information content (AvgIpc) is 2.94. The molecule has 0 amide bonds. The van der Waals surface area contributed by atoms with Crippen molar-refractivity contribution in [2.75, 3.05) is 4.72 Å². The highest BCUT2D eigenvalue weighted by Crippen LogP contribution is 2.23. The molecule has 0 unspecified atom stereocenters. The first kappa shape index (κ1) is 11.2. The van der Waals surface area contributed by atoms with E-state index in [0.717, 1.165) is 12.8 Å². The maximum Gasteiger partial charge on any atom is 0.299 e. The van der Waals surface area contributed by atoms with Crippen molar-refractivity contribution >= 4 is 15.9 Å². The smallest absolute Gasteiger partial charge is 0.299 e. The van der Waals surface area contributed by atoms with Gasteiger partial charge in [0.25, 0.3) is 10.2 Å². The minimum absolute atomic E-state index is 0.0662. The molecule has 6 heteroatoms. The highest BCUT2D eigenvalue weighted by Gasteiger charge is 2.26. The number of phenolic OH excluding ortho intramolecular Hbond substituents is 1. The van der Waals surface area contributed by atoms with E-state index >= 15 is 0 Å². The van der Waals surface area contributed by atoms with Crippen LogP contribution in [-0.4, -0.2) is 19.6 Å². The Balaban J connectivity index is 2.10. The lowest BCUT2D eigenvalue weighted by atomic mass is 10.2. The van der Waals surface area contributed by atoms with Gasteiger partial charge in [-0.25, -0.2) is 0 Å². The molecule has 0 spiro atoms. The predicted octanol–water partition coefficient (Wildman–Crippen LogP) is 1.11. The minimum Gasteiger partial charge on any atom is -0.508 e. The van der Waals surface area contributed by atoms with Gasteiger partial charge in [0.1, 0.15) is 5.75 Å². The summed E-state index contributed by atoms with van der Waals surface area (Å²) in [6, 6.07) is 4.73. The van der Waals surface area contributed by atoms with E-state index in [2.05, 4.69) is 9.44 Å². The second-order valence-electron chi connectivity index (χ2n) is 4.00. The topological polar surface area (TPSA) is 78.4 Å². The van der Waals surface area contributed by atoms with Crippen molar-refractivity contribution in [2.45, 2.75) is 25.8 Å². The number of anilines is 1. The van der Waals surface area contributed by atoms with E-state index in [4.69, 9.17) is 0 Å². The first-order valence-electron chi connectivity index (χ1n) is 5.06. The number of hydrogen-bond donors (Lipinski definition) is 3. The summed E-state index contributed by atoms with van der Waals surface area (Å²) in [7, 11) is -3.51. The van der Waals surface area contributed by atoms with E-state index in [1.165, 1.54) is 6.07 Å². The van der Waals surface area contributed by atoms with Crippen molar-refractivity contribution in [2.24, 2.45) is 0 Å². The molecule has 0 bridgehead atoms. The van der Waals surface area contributed by atoms with E-state index in [1.807, 2.05) is 0 Å². The van der Waals surface area contributed by atoms with Crippen LogP contribution in [0.3, 0.4) is 0 Å². The molecule has 88 valence electrons. The van der Waals surface area contributed by atoms with Gasteiger partial charge >= 0.3 is 0 Å². The Kier molecular flexibility index (Phi) is 2.77. The highest BCUT2D eigenvalue weighted by molar-refractivity contribution is 7.90. The highest BCUT2D eigenvalue weighted by atomic mass is 32.2. The third kappa shape index (κ3) is 2.86. The molecule has 5 nitrogen and oxygen atoms in total. The second-order valence-corrected chi connectivity index (χ2v) is 5.45. The molecule has 0 aromatic heterocycles. The zero-order valence-electron chi connectivity index (χ0n) is 8.90. The Hall–Kier alpha value is -1.27. The van der Waals surface area contributed by atoms with Gasteiger partial charge in [-0.1, -0.05) is 6.07 Å². The molecule has 1 aromatic rings. The van der Waals surface area contributed by atoms with Crippen molar-refractivity contribution in [3.05, 3.63) is 23.8 Å². The van der Waals surface area contributed by atoms with Gasteiger partial charge in [-0.05, 0) is 31.4 Å². The van der Waals surface area contributed by atoms with Crippen LogP contribution in [0.1, 0.15) is 18.4 Å². The van der Waals surface area contributed by atoms with Gasteiger partial charge in [0.05, 0.1) is 5.69 Å². The third-order valence-corrected chi connectivity index (χ3v) is 3.51. The number of phenols is 1. The number of aromatic hydroxyl groups is 1. The van der Waals surface area contributed by atoms with E-state index in [0.29, 0.717) is 11.3 Å². The van der Waals surface area contributed by atoms with Gasteiger partial charge in [0.15, 0.2) is 0 Å². The molecular formula is C10H14N2O3S. The quantitative estimate of drug-likeness (QED) is 0.740. The average molecular weight is 242 g/mol. The van der Waals surface area contributed by atoms with Crippen LogP contribution in [0.25, 0.3) is 0 Å². The molecule has 0 aliphatic heterocycles. The largest absolute Gasteiger partial charge is 0.508 e. The molecular weight excluding hydrogens is 228 g/mol. The summed E-state index contributed by atoms with van der Waals surface area (Å²) >= 11 is 0. The Morgan fingerprint density at radius 2 is 2.06 bits per heavy atom. The molecule has 0 atom stereocenters. The van der Waals surface area contributed by atoms with E-state index in [1.54, 1.807) is 19.1 Å². The summed E-state index contributed by atoms with van der Waals surface area (Å²) in [5.41, 5.74) is 1.06. The van der Waals surface area contributed by atoms with Crippen LogP contribution in [0.15, 0.2) is 18.2 Å². The SMILES string of the molecule is Cc1ccc(NS(=O)(=O)NC2CC2)cc1O. The normalized spacial score (nSPS) is 16.1. The predicted molar refractivity (Wildman–Crippen MR) is 61.5 cm³/mol. The minimum atomic E-state index is -3.51. The molecule has 2 rings (SSSR count). The summed E-state index contributed by atoms with van der Waals surface area (Å²) < 4.78 is 27.9. The fourth-order valence-corrected chi connectivity index (χ4v) is 2.45. The van der Waals surface area contributed by atoms with Crippen molar-refractivity contribution in [3.8, 4) is 5.75 Å². The van der Waals surface area contributed by atoms with Gasteiger partial charge in [-0.3, -0.25) is 4.72 Å². The number of benzene rings is 1. The van der Waals surface area contributed by atoms with Crippen molar-refractivity contribution in [1.29, 1.82) is 0 Å². The maximum absolute atomic E-state index is 11.5. The third-order valence-electron chi connectivity index (χ3n) is 2.36. The van der Waals surface area contributed by atoms with Crippen LogP contribution in [0.2, 0.25) is 0 Å². The van der Waals surface area contributed by atoms with Crippen LogP contribution in [0.5, 0.6) is 5.75 Å². The zero-order chi connectivity index (χ0) is 11.8. The number of hydrogen-bond acceptors (Lipinski definition) is 3. The lowest BCUT2D eigenvalue weighted by Gasteiger charge is -2.09. The van der Waals surface area contributed by atoms with E-state index in [9.17, 15) is 13.5 Å². The van der Waals surface area contributed by atoms with E-state index < -0.39 is 10.2 Å². The van der Waals surface area contributed by atoms with Gasteiger partial charge in [-0.2, -0.15) is 13.1 Å². The first-order valence-corrected chi connectivity index (χ1v) is 6.54. The standard InChI is InChI=1S/C10H14N2O3S/c1-7-2-3-9(6-10(7)13)12-16(14,15)11-8-4-5-8/h2-3,6,8,11-13H,4-5H2,1H3. The molecule has 1 aliphatic rings. The molecule has 1 saturated carbocycles. The van der Waals surface area contributed by atoms with Crippen LogP contribution < -0.4 is 9.44 Å². The lowest BCUT2D eigenvalue weighted by Crippen LogP contribution is -2.31. The molecule has 3 N–H and O–H groups in total. The van der Waals surface area contributed by atoms with Crippen molar-refractivity contribution < 1.29 is 13.5 Å². The number of rotatable bonds is 4. The molecule has 0 radical (unpaired) electrons. The fourth-order valence-electron chi connectivity index (χ4n) is 1.28. The molecule has 0 heterocycles. The molecule has 16 heavy (non-hydrogen) atoms. The summed E-state index contributed by atoms with van der Waals surface area (Å²) in [5, 5.41) is 9.44. The van der Waals surface area contributed by atoms with Crippen LogP contribution in [0, 0.1) is 6.92 Å². The van der Waals surface area contributed by atoms with Crippen molar-refractivity contribution in [3.63, 3.8) is 0 Å². The summed E-state index contributed by atoms with van der Waals surface area (Å²) in [6.07, 6.45) is 1.78. The van der Waals surface area contributed by atoms with Gasteiger partial charge in [-0.15, -0.1) is 0 Å². The van der Waals surface area contributed by atoms with Gasteiger partial charge < -0.3 is 5.11 Å². The first-order chi connectivity index (χ1) is 7.46. The van der Waals surface area contributed by atoms with Crippen molar-refractivity contribution in [1.82, 2.24) is 4.72 Å². The zero-order valence-corrected chi connectivity index (χ0v) is 9.71. The molecule has 1 aromatic carbocycles. The van der Waals surface area contributed by atoms with Gasteiger partial charge in [0.2, 0.25) is 0 Å². The Labute approximate surface area is 94.7 Å². The molecule has 0 saturated heterocycles. The maximum atomic E-state index is 11.5. The van der Waals surface area contributed by atoms with E-state index in [-0.39, 0.29) is 11.8 Å². The number of aryl methyl sites for hydroxylation is 1. The van der Waals surface area contributed by atoms with Crippen LogP contribution in [-0.2, 0) is 10.2 Å². The molecule has 1 fully saturated rings.